The summed E-state index contributed by atoms with van der Waals surface area (Å²) >= 11 is 0. The van der Waals surface area contributed by atoms with E-state index in [2.05, 4.69) is 46.1 Å². The van der Waals surface area contributed by atoms with Crippen LogP contribution in [0.4, 0.5) is 0 Å². The van der Waals surface area contributed by atoms with Crippen LogP contribution in [0, 0.1) is 23.2 Å². The lowest BCUT2D eigenvalue weighted by Gasteiger charge is -2.44. The zero-order valence-corrected chi connectivity index (χ0v) is 18.6. The van der Waals surface area contributed by atoms with E-state index in [1.165, 1.54) is 61.7 Å². The molecule has 0 saturated heterocycles. The van der Waals surface area contributed by atoms with Gasteiger partial charge in [0.25, 0.3) is 0 Å². The Bertz CT molecular complexity index is 651. The molecule has 156 valence electrons. The molecular formula is C27H42O. The summed E-state index contributed by atoms with van der Waals surface area (Å²) in [6.45, 7) is 15.8. The van der Waals surface area contributed by atoms with E-state index in [1.807, 2.05) is 0 Å². The van der Waals surface area contributed by atoms with Gasteiger partial charge in [0.05, 0.1) is 6.10 Å². The molecule has 0 spiro atoms. The maximum Gasteiger partial charge on any atom is 0.0583 e. The summed E-state index contributed by atoms with van der Waals surface area (Å²) in [4.78, 5) is 0. The van der Waals surface area contributed by atoms with Gasteiger partial charge in [-0.3, -0.25) is 0 Å². The minimum atomic E-state index is -0.179. The van der Waals surface area contributed by atoms with Crippen LogP contribution in [0.2, 0.25) is 0 Å². The van der Waals surface area contributed by atoms with Crippen LogP contribution in [0.1, 0.15) is 91.4 Å². The van der Waals surface area contributed by atoms with Crippen LogP contribution in [0.3, 0.4) is 0 Å². The van der Waals surface area contributed by atoms with Gasteiger partial charge in [0.2, 0.25) is 0 Å². The number of allylic oxidation sites excluding steroid dienone is 5. The average molecular weight is 383 g/mol. The lowest BCUT2D eigenvalue weighted by Crippen LogP contribution is -2.36. The summed E-state index contributed by atoms with van der Waals surface area (Å²) in [6, 6.07) is 0. The molecule has 3 rings (SSSR count). The molecular weight excluding hydrogens is 340 g/mol. The van der Waals surface area contributed by atoms with Crippen molar-refractivity contribution in [3.05, 3.63) is 47.6 Å². The Labute approximate surface area is 173 Å². The fourth-order valence-corrected chi connectivity index (χ4v) is 6.42. The van der Waals surface area contributed by atoms with Gasteiger partial charge < -0.3 is 5.11 Å². The Morgan fingerprint density at radius 3 is 2.79 bits per heavy atom. The molecule has 3 aliphatic carbocycles. The third-order valence-electron chi connectivity index (χ3n) is 8.37. The minimum Gasteiger partial charge on any atom is -0.393 e. The van der Waals surface area contributed by atoms with Crippen LogP contribution < -0.4 is 0 Å². The first-order chi connectivity index (χ1) is 13.3. The zero-order valence-electron chi connectivity index (χ0n) is 18.6. The average Bonchev–Trinajstić information content (AvgIpc) is 3.04. The smallest absolute Gasteiger partial charge is 0.0583 e. The van der Waals surface area contributed by atoms with E-state index in [0.29, 0.717) is 5.41 Å². The number of fused-ring (bicyclic) bond motifs is 1. The normalized spacial score (nSPS) is 37.3. The zero-order chi connectivity index (χ0) is 20.3. The van der Waals surface area contributed by atoms with E-state index in [0.717, 1.165) is 43.4 Å². The second kappa shape index (κ2) is 9.16. The summed E-state index contributed by atoms with van der Waals surface area (Å²) < 4.78 is 0. The topological polar surface area (TPSA) is 20.2 Å². The summed E-state index contributed by atoms with van der Waals surface area (Å²) in [5.41, 5.74) is 6.06. The number of rotatable bonds is 6. The molecule has 0 aliphatic heterocycles. The van der Waals surface area contributed by atoms with Crippen LogP contribution >= 0.6 is 0 Å². The van der Waals surface area contributed by atoms with E-state index < -0.39 is 0 Å². The molecule has 3 fully saturated rings. The van der Waals surface area contributed by atoms with Crippen molar-refractivity contribution in [1.29, 1.82) is 0 Å². The van der Waals surface area contributed by atoms with Gasteiger partial charge in [-0.05, 0) is 99.4 Å². The largest absolute Gasteiger partial charge is 0.393 e. The van der Waals surface area contributed by atoms with Crippen molar-refractivity contribution >= 4 is 0 Å². The molecule has 0 aromatic rings. The van der Waals surface area contributed by atoms with Crippen molar-refractivity contribution in [1.82, 2.24) is 0 Å². The number of aliphatic hydroxyl groups excluding tert-OH is 1. The second-order valence-electron chi connectivity index (χ2n) is 10.1. The van der Waals surface area contributed by atoms with Crippen molar-refractivity contribution in [2.24, 2.45) is 23.2 Å². The summed E-state index contributed by atoms with van der Waals surface area (Å²) in [7, 11) is 0. The monoisotopic (exact) mass is 382 g/mol. The molecule has 0 radical (unpaired) electrons. The van der Waals surface area contributed by atoms with Crippen molar-refractivity contribution in [3.63, 3.8) is 0 Å². The van der Waals surface area contributed by atoms with E-state index in [9.17, 15) is 5.11 Å². The Hall–Kier alpha value is -1.08. The number of hydrogen-bond donors (Lipinski definition) is 1. The summed E-state index contributed by atoms with van der Waals surface area (Å²) in [5.74, 6) is 2.40. The molecule has 0 aromatic heterocycles. The lowest BCUT2D eigenvalue weighted by atomic mass is 9.60. The molecule has 0 heterocycles. The first kappa shape index (κ1) is 21.6. The Kier molecular flexibility index (Phi) is 7.07. The third-order valence-corrected chi connectivity index (χ3v) is 8.37. The quantitative estimate of drug-likeness (QED) is 0.470. The lowest BCUT2D eigenvalue weighted by molar-refractivity contribution is 0.0943. The second-order valence-corrected chi connectivity index (χ2v) is 10.1. The van der Waals surface area contributed by atoms with Crippen LogP contribution in [0.5, 0.6) is 0 Å². The molecule has 28 heavy (non-hydrogen) atoms. The minimum absolute atomic E-state index is 0.179. The predicted molar refractivity (Wildman–Crippen MR) is 121 cm³/mol. The van der Waals surface area contributed by atoms with Gasteiger partial charge in [-0.1, -0.05) is 62.8 Å². The third kappa shape index (κ3) is 4.56. The van der Waals surface area contributed by atoms with Gasteiger partial charge in [-0.25, -0.2) is 0 Å². The molecule has 3 aliphatic rings. The molecule has 1 N–H and O–H groups in total. The summed E-state index contributed by atoms with van der Waals surface area (Å²) in [6.07, 6.45) is 17.5. The molecule has 0 amide bonds. The molecule has 3 saturated carbocycles. The van der Waals surface area contributed by atoms with Gasteiger partial charge in [0.1, 0.15) is 0 Å². The molecule has 0 aromatic carbocycles. The number of hydrogen-bond acceptors (Lipinski definition) is 1. The van der Waals surface area contributed by atoms with Crippen molar-refractivity contribution in [3.8, 4) is 0 Å². The highest BCUT2D eigenvalue weighted by atomic mass is 16.3. The highest BCUT2D eigenvalue weighted by molar-refractivity contribution is 5.36. The van der Waals surface area contributed by atoms with Crippen LogP contribution in [0.25, 0.3) is 0 Å². The Morgan fingerprint density at radius 1 is 1.25 bits per heavy atom. The van der Waals surface area contributed by atoms with E-state index in [4.69, 9.17) is 0 Å². The van der Waals surface area contributed by atoms with E-state index in [-0.39, 0.29) is 6.10 Å². The van der Waals surface area contributed by atoms with Gasteiger partial charge in [0.15, 0.2) is 0 Å². The molecule has 5 atom stereocenters. The SMILES string of the molecule is C=C(CC)CC[C@@H](C)[C@H]1CC[C@H]2/C(=C/C=C3/C[C@@H](O)CCC3=C)CCCC12C. The maximum atomic E-state index is 10.0. The van der Waals surface area contributed by atoms with Gasteiger partial charge in [0, 0.05) is 0 Å². The Balaban J connectivity index is 1.72. The highest BCUT2D eigenvalue weighted by Crippen LogP contribution is 2.60. The number of aliphatic hydroxyl groups is 1. The summed E-state index contributed by atoms with van der Waals surface area (Å²) in [5, 5.41) is 10.0. The first-order valence-corrected chi connectivity index (χ1v) is 11.8. The fraction of sp³-hybridized carbons (Fsp3) is 0.704. The van der Waals surface area contributed by atoms with Gasteiger partial charge in [-0.15, -0.1) is 0 Å². The maximum absolute atomic E-state index is 10.0. The molecule has 1 unspecified atom stereocenters. The van der Waals surface area contributed by atoms with Gasteiger partial charge >= 0.3 is 0 Å². The molecule has 1 heteroatoms. The van der Waals surface area contributed by atoms with Crippen LogP contribution in [0.15, 0.2) is 47.6 Å². The van der Waals surface area contributed by atoms with E-state index >= 15 is 0 Å². The predicted octanol–water partition coefficient (Wildman–Crippen LogP) is 7.54. The standard InChI is InChI=1S/C27H42O/c1-6-19(2)9-10-21(4)25-15-16-26-22(8-7-17-27(25,26)5)12-13-23-18-24(28)14-11-20(23)3/h12-13,21,24-26,28H,2-3,6-11,14-18H2,1,4-5H3/b22-12+,23-13-/t21-,24+,25-,26+,27?/m1/s1. The van der Waals surface area contributed by atoms with Gasteiger partial charge in [-0.2, -0.15) is 0 Å². The van der Waals surface area contributed by atoms with Crippen LogP contribution in [-0.2, 0) is 0 Å². The fourth-order valence-electron chi connectivity index (χ4n) is 6.42. The Morgan fingerprint density at radius 2 is 2.04 bits per heavy atom. The highest BCUT2D eigenvalue weighted by Gasteiger charge is 2.50. The molecule has 0 bridgehead atoms. The van der Waals surface area contributed by atoms with Crippen LogP contribution in [-0.4, -0.2) is 11.2 Å². The van der Waals surface area contributed by atoms with E-state index in [1.54, 1.807) is 5.57 Å². The first-order valence-electron chi connectivity index (χ1n) is 11.8. The van der Waals surface area contributed by atoms with Crippen molar-refractivity contribution in [2.45, 2.75) is 97.5 Å². The van der Waals surface area contributed by atoms with Crippen molar-refractivity contribution < 1.29 is 5.11 Å². The van der Waals surface area contributed by atoms with Crippen molar-refractivity contribution in [2.75, 3.05) is 0 Å². The molecule has 1 nitrogen and oxygen atoms in total.